The van der Waals surface area contributed by atoms with E-state index in [1.165, 1.54) is 19.3 Å². The summed E-state index contributed by atoms with van der Waals surface area (Å²) in [6.45, 7) is 5.12. The Labute approximate surface area is 88.0 Å². The summed E-state index contributed by atoms with van der Waals surface area (Å²) in [4.78, 5) is 2.20. The number of hydrogen-bond donors (Lipinski definition) is 2. The molecule has 0 bridgehead atoms. The van der Waals surface area contributed by atoms with Crippen LogP contribution in [0.15, 0.2) is 0 Å². The summed E-state index contributed by atoms with van der Waals surface area (Å²) in [6.07, 6.45) is 4.06. The average molecular weight is 199 g/mol. The molecule has 1 aliphatic carbocycles. The summed E-state index contributed by atoms with van der Waals surface area (Å²) in [5.41, 5.74) is 5.99. The molecule has 0 aromatic carbocycles. The van der Waals surface area contributed by atoms with Crippen LogP contribution in [0.25, 0.3) is 0 Å². The van der Waals surface area contributed by atoms with Crippen molar-refractivity contribution in [1.82, 2.24) is 10.2 Å². The Kier molecular flexibility index (Phi) is 4.35. The molecule has 1 unspecified atom stereocenters. The smallest absolute Gasteiger partial charge is 0.0278 e. The van der Waals surface area contributed by atoms with Gasteiger partial charge in [-0.15, -0.1) is 0 Å². The lowest BCUT2D eigenvalue weighted by atomic mass is 9.95. The van der Waals surface area contributed by atoms with Crippen molar-refractivity contribution in [2.45, 2.75) is 31.7 Å². The van der Waals surface area contributed by atoms with Crippen LogP contribution in [-0.2, 0) is 0 Å². The van der Waals surface area contributed by atoms with Gasteiger partial charge in [-0.05, 0) is 33.4 Å². The molecule has 0 aromatic heterocycles. The summed E-state index contributed by atoms with van der Waals surface area (Å²) in [7, 11) is 4.20. The molecule has 1 rings (SSSR count). The fourth-order valence-corrected chi connectivity index (χ4v) is 1.77. The first kappa shape index (κ1) is 12.0. The predicted octanol–water partition coefficient (Wildman–Crippen LogP) is 0.655. The van der Waals surface area contributed by atoms with Crippen molar-refractivity contribution >= 4 is 0 Å². The third kappa shape index (κ3) is 4.40. The number of nitrogens with zero attached hydrogens (tertiary/aromatic N) is 1. The van der Waals surface area contributed by atoms with Crippen molar-refractivity contribution < 1.29 is 0 Å². The highest BCUT2D eigenvalue weighted by atomic mass is 15.1. The lowest BCUT2D eigenvalue weighted by Gasteiger charge is -2.30. The van der Waals surface area contributed by atoms with Crippen LogP contribution < -0.4 is 11.1 Å². The number of hydrogen-bond acceptors (Lipinski definition) is 3. The van der Waals surface area contributed by atoms with Gasteiger partial charge >= 0.3 is 0 Å². The predicted molar refractivity (Wildman–Crippen MR) is 61.4 cm³/mol. The summed E-state index contributed by atoms with van der Waals surface area (Å²) < 4.78 is 0. The largest absolute Gasteiger partial charge is 0.329 e. The highest BCUT2D eigenvalue weighted by Crippen LogP contribution is 2.36. The molecule has 1 aliphatic rings. The van der Waals surface area contributed by atoms with E-state index in [0.717, 1.165) is 25.6 Å². The van der Waals surface area contributed by atoms with Crippen molar-refractivity contribution in [3.8, 4) is 0 Å². The highest BCUT2D eigenvalue weighted by Gasteiger charge is 2.31. The van der Waals surface area contributed by atoms with E-state index in [4.69, 9.17) is 5.73 Å². The first-order valence-corrected chi connectivity index (χ1v) is 5.65. The molecule has 0 radical (unpaired) electrons. The van der Waals surface area contributed by atoms with Gasteiger partial charge in [-0.2, -0.15) is 0 Å². The van der Waals surface area contributed by atoms with Crippen LogP contribution in [0.4, 0.5) is 0 Å². The zero-order valence-electron chi connectivity index (χ0n) is 9.84. The summed E-state index contributed by atoms with van der Waals surface area (Å²) >= 11 is 0. The molecule has 14 heavy (non-hydrogen) atoms. The van der Waals surface area contributed by atoms with Crippen molar-refractivity contribution in [3.63, 3.8) is 0 Å². The second kappa shape index (κ2) is 5.10. The normalized spacial score (nSPS) is 21.2. The van der Waals surface area contributed by atoms with Gasteiger partial charge in [0, 0.05) is 25.2 Å². The summed E-state index contributed by atoms with van der Waals surface area (Å²) in [6, 6.07) is 0. The zero-order chi connectivity index (χ0) is 10.6. The molecule has 1 saturated carbocycles. The number of nitrogens with one attached hydrogen (secondary N) is 1. The van der Waals surface area contributed by atoms with Crippen molar-refractivity contribution in [2.24, 2.45) is 11.7 Å². The minimum Gasteiger partial charge on any atom is -0.329 e. The molecule has 0 spiro atoms. The van der Waals surface area contributed by atoms with Crippen LogP contribution in [0.5, 0.6) is 0 Å². The monoisotopic (exact) mass is 199 g/mol. The third-order valence-corrected chi connectivity index (χ3v) is 3.00. The summed E-state index contributed by atoms with van der Waals surface area (Å²) in [5.74, 6) is 0.940. The maximum atomic E-state index is 5.82. The van der Waals surface area contributed by atoms with Gasteiger partial charge in [0.2, 0.25) is 0 Å². The number of nitrogens with two attached hydrogens (primary N) is 1. The Morgan fingerprint density at radius 2 is 2.07 bits per heavy atom. The minimum absolute atomic E-state index is 0.164. The van der Waals surface area contributed by atoms with Crippen LogP contribution in [0.1, 0.15) is 26.2 Å². The van der Waals surface area contributed by atoms with E-state index in [0.29, 0.717) is 0 Å². The molecule has 3 N–H and O–H groups in total. The second-order valence-electron chi connectivity index (χ2n) is 5.14. The molecule has 0 saturated heterocycles. The molecule has 84 valence electrons. The molecule has 3 heteroatoms. The maximum Gasteiger partial charge on any atom is 0.0278 e. The van der Waals surface area contributed by atoms with Crippen LogP contribution in [0, 0.1) is 5.92 Å². The minimum atomic E-state index is 0.164. The first-order valence-electron chi connectivity index (χ1n) is 5.65. The Bertz CT molecular complexity index is 166. The average Bonchev–Trinajstić information content (AvgIpc) is 2.87. The molecule has 0 aliphatic heterocycles. The standard InChI is InChI=1S/C11H25N3/c1-11(9-12,8-10-4-5-10)13-6-7-14(2)3/h10,13H,4-9,12H2,1-3H3. The molecule has 1 fully saturated rings. The molecule has 0 amide bonds. The molecular formula is C11H25N3. The van der Waals surface area contributed by atoms with Gasteiger partial charge in [-0.1, -0.05) is 12.8 Å². The van der Waals surface area contributed by atoms with E-state index in [9.17, 15) is 0 Å². The number of rotatable bonds is 7. The van der Waals surface area contributed by atoms with Gasteiger partial charge < -0.3 is 16.0 Å². The lowest BCUT2D eigenvalue weighted by Crippen LogP contribution is -2.50. The van der Waals surface area contributed by atoms with Crippen LogP contribution in [-0.4, -0.2) is 44.2 Å². The van der Waals surface area contributed by atoms with Crippen LogP contribution in [0.3, 0.4) is 0 Å². The van der Waals surface area contributed by atoms with Gasteiger partial charge in [0.25, 0.3) is 0 Å². The van der Waals surface area contributed by atoms with Crippen molar-refractivity contribution in [1.29, 1.82) is 0 Å². The topological polar surface area (TPSA) is 41.3 Å². The molecule has 0 heterocycles. The van der Waals surface area contributed by atoms with Gasteiger partial charge in [-0.25, -0.2) is 0 Å². The Hall–Kier alpha value is -0.120. The first-order chi connectivity index (χ1) is 6.56. The fraction of sp³-hybridized carbons (Fsp3) is 1.00. The molecule has 1 atom stereocenters. The number of likely N-dealkylation sites (N-methyl/N-ethyl adjacent to an activating group) is 1. The fourth-order valence-electron chi connectivity index (χ4n) is 1.77. The molecule has 3 nitrogen and oxygen atoms in total. The quantitative estimate of drug-likeness (QED) is 0.633. The molecule has 0 aromatic rings. The van der Waals surface area contributed by atoms with Gasteiger partial charge in [0.15, 0.2) is 0 Å². The van der Waals surface area contributed by atoms with Crippen LogP contribution >= 0.6 is 0 Å². The van der Waals surface area contributed by atoms with E-state index < -0.39 is 0 Å². The van der Waals surface area contributed by atoms with E-state index in [1.54, 1.807) is 0 Å². The van der Waals surface area contributed by atoms with E-state index in [2.05, 4.69) is 31.2 Å². The Morgan fingerprint density at radius 3 is 2.50 bits per heavy atom. The van der Waals surface area contributed by atoms with E-state index in [-0.39, 0.29) is 5.54 Å². The van der Waals surface area contributed by atoms with Gasteiger partial charge in [-0.3, -0.25) is 0 Å². The van der Waals surface area contributed by atoms with E-state index in [1.807, 2.05) is 0 Å². The molecular weight excluding hydrogens is 174 g/mol. The van der Waals surface area contributed by atoms with Crippen molar-refractivity contribution in [3.05, 3.63) is 0 Å². The Morgan fingerprint density at radius 1 is 1.43 bits per heavy atom. The van der Waals surface area contributed by atoms with Crippen LogP contribution in [0.2, 0.25) is 0 Å². The second-order valence-corrected chi connectivity index (χ2v) is 5.14. The maximum absolute atomic E-state index is 5.82. The third-order valence-electron chi connectivity index (χ3n) is 3.00. The lowest BCUT2D eigenvalue weighted by molar-refractivity contribution is 0.299. The van der Waals surface area contributed by atoms with Gasteiger partial charge in [0.1, 0.15) is 0 Å². The van der Waals surface area contributed by atoms with Crippen molar-refractivity contribution in [2.75, 3.05) is 33.7 Å². The summed E-state index contributed by atoms with van der Waals surface area (Å²) in [5, 5.41) is 3.58. The highest BCUT2D eigenvalue weighted by molar-refractivity contribution is 4.90. The van der Waals surface area contributed by atoms with Gasteiger partial charge in [0.05, 0.1) is 0 Å². The SMILES string of the molecule is CN(C)CCNC(C)(CN)CC1CC1. The zero-order valence-corrected chi connectivity index (χ0v) is 9.84. The van der Waals surface area contributed by atoms with E-state index >= 15 is 0 Å². The Balaban J connectivity index is 2.20.